The summed E-state index contributed by atoms with van der Waals surface area (Å²) >= 11 is 0. The molecule has 0 atom stereocenters. The van der Waals surface area contributed by atoms with E-state index in [1.54, 1.807) is 0 Å². The molecule has 0 saturated carbocycles. The van der Waals surface area contributed by atoms with Crippen LogP contribution in [0.3, 0.4) is 0 Å². The van der Waals surface area contributed by atoms with E-state index < -0.39 is 0 Å². The first-order valence-corrected chi connectivity index (χ1v) is 6.08. The number of aryl methyl sites for hydroxylation is 2. The van der Waals surface area contributed by atoms with Crippen LogP contribution in [0.1, 0.15) is 30.3 Å². The van der Waals surface area contributed by atoms with Gasteiger partial charge in [0.2, 0.25) is 0 Å². The molecule has 16 heavy (non-hydrogen) atoms. The fraction of sp³-hybridized carbons (Fsp3) is 0.615. The number of hydrogen-bond donors (Lipinski definition) is 2. The van der Waals surface area contributed by atoms with E-state index in [9.17, 15) is 0 Å². The minimum atomic E-state index is 0.922. The molecule has 1 aromatic heterocycles. The molecule has 0 fully saturated rings. The highest BCUT2D eigenvalue weighted by atomic mass is 14.9. The molecule has 90 valence electrons. The standard InChI is InChI=1S/C13H23N3/c1-4-14-8-5-9-15-10-13-7-6-11(2)16-12(13)3/h6-7,14-15H,4-5,8-10H2,1-3H3. The van der Waals surface area contributed by atoms with E-state index in [2.05, 4.69) is 41.6 Å². The van der Waals surface area contributed by atoms with E-state index in [1.807, 2.05) is 6.92 Å². The third-order valence-corrected chi connectivity index (χ3v) is 2.61. The Bertz CT molecular complexity index is 310. The lowest BCUT2D eigenvalue weighted by Crippen LogP contribution is -2.21. The van der Waals surface area contributed by atoms with E-state index in [-0.39, 0.29) is 0 Å². The molecule has 0 aliphatic rings. The molecule has 0 bridgehead atoms. The summed E-state index contributed by atoms with van der Waals surface area (Å²) < 4.78 is 0. The SMILES string of the molecule is CCNCCCNCc1ccc(C)nc1C. The van der Waals surface area contributed by atoms with Crippen LogP contribution in [-0.4, -0.2) is 24.6 Å². The minimum absolute atomic E-state index is 0.922. The molecule has 0 unspecified atom stereocenters. The molecule has 1 aromatic rings. The van der Waals surface area contributed by atoms with Crippen molar-refractivity contribution in [3.05, 3.63) is 29.1 Å². The molecular weight excluding hydrogens is 198 g/mol. The number of aromatic nitrogens is 1. The van der Waals surface area contributed by atoms with Crippen LogP contribution < -0.4 is 10.6 Å². The van der Waals surface area contributed by atoms with Gasteiger partial charge in [0.25, 0.3) is 0 Å². The lowest BCUT2D eigenvalue weighted by atomic mass is 10.2. The van der Waals surface area contributed by atoms with Gasteiger partial charge in [-0.1, -0.05) is 13.0 Å². The second-order valence-corrected chi connectivity index (χ2v) is 4.08. The van der Waals surface area contributed by atoms with Crippen LogP contribution in [0.4, 0.5) is 0 Å². The number of nitrogens with zero attached hydrogens (tertiary/aromatic N) is 1. The lowest BCUT2D eigenvalue weighted by Gasteiger charge is -2.08. The average molecular weight is 221 g/mol. The van der Waals surface area contributed by atoms with Gasteiger partial charge in [-0.2, -0.15) is 0 Å². The predicted octanol–water partition coefficient (Wildman–Crippen LogP) is 1.79. The summed E-state index contributed by atoms with van der Waals surface area (Å²) in [6.07, 6.45) is 1.17. The Labute approximate surface area is 98.7 Å². The van der Waals surface area contributed by atoms with Crippen molar-refractivity contribution in [3.63, 3.8) is 0 Å². The van der Waals surface area contributed by atoms with Crippen LogP contribution in [0.15, 0.2) is 12.1 Å². The zero-order valence-electron chi connectivity index (χ0n) is 10.6. The third kappa shape index (κ3) is 4.73. The van der Waals surface area contributed by atoms with Crippen LogP contribution in [-0.2, 0) is 6.54 Å². The molecular formula is C13H23N3. The van der Waals surface area contributed by atoms with Crippen LogP contribution >= 0.6 is 0 Å². The van der Waals surface area contributed by atoms with Crippen molar-refractivity contribution in [2.45, 2.75) is 33.7 Å². The van der Waals surface area contributed by atoms with Gasteiger partial charge in [-0.15, -0.1) is 0 Å². The maximum atomic E-state index is 4.45. The summed E-state index contributed by atoms with van der Waals surface area (Å²) in [4.78, 5) is 4.45. The molecule has 0 aromatic carbocycles. The monoisotopic (exact) mass is 221 g/mol. The molecule has 3 nitrogen and oxygen atoms in total. The van der Waals surface area contributed by atoms with Gasteiger partial charge in [0.05, 0.1) is 0 Å². The van der Waals surface area contributed by atoms with Gasteiger partial charge in [-0.3, -0.25) is 4.98 Å². The van der Waals surface area contributed by atoms with Gasteiger partial charge >= 0.3 is 0 Å². The summed E-state index contributed by atoms with van der Waals surface area (Å²) in [5.74, 6) is 0. The molecule has 0 aliphatic heterocycles. The zero-order chi connectivity index (χ0) is 11.8. The number of hydrogen-bond acceptors (Lipinski definition) is 3. The van der Waals surface area contributed by atoms with Crippen molar-refractivity contribution in [3.8, 4) is 0 Å². The van der Waals surface area contributed by atoms with Crippen molar-refractivity contribution in [1.82, 2.24) is 15.6 Å². The summed E-state index contributed by atoms with van der Waals surface area (Å²) in [5, 5.41) is 6.75. The number of pyridine rings is 1. The Morgan fingerprint density at radius 3 is 2.56 bits per heavy atom. The minimum Gasteiger partial charge on any atom is -0.317 e. The highest BCUT2D eigenvalue weighted by Gasteiger charge is 1.98. The van der Waals surface area contributed by atoms with Crippen LogP contribution in [0, 0.1) is 13.8 Å². The number of nitrogens with one attached hydrogen (secondary N) is 2. The lowest BCUT2D eigenvalue weighted by molar-refractivity contribution is 0.604. The van der Waals surface area contributed by atoms with Crippen molar-refractivity contribution in [2.24, 2.45) is 0 Å². The van der Waals surface area contributed by atoms with Crippen LogP contribution in [0.2, 0.25) is 0 Å². The molecule has 0 saturated heterocycles. The molecule has 0 radical (unpaired) electrons. The molecule has 2 N–H and O–H groups in total. The Kier molecular flexibility index (Phi) is 6.04. The summed E-state index contributed by atoms with van der Waals surface area (Å²) in [7, 11) is 0. The molecule has 3 heteroatoms. The first kappa shape index (κ1) is 13.1. The Morgan fingerprint density at radius 2 is 1.88 bits per heavy atom. The van der Waals surface area contributed by atoms with E-state index in [4.69, 9.17) is 0 Å². The second kappa shape index (κ2) is 7.36. The topological polar surface area (TPSA) is 37.0 Å². The summed E-state index contributed by atoms with van der Waals surface area (Å²) in [6.45, 7) is 10.4. The molecule has 0 spiro atoms. The third-order valence-electron chi connectivity index (χ3n) is 2.61. The van der Waals surface area contributed by atoms with Gasteiger partial charge in [0.15, 0.2) is 0 Å². The van der Waals surface area contributed by atoms with Crippen molar-refractivity contribution in [2.75, 3.05) is 19.6 Å². The fourth-order valence-corrected chi connectivity index (χ4v) is 1.64. The van der Waals surface area contributed by atoms with E-state index in [0.29, 0.717) is 0 Å². The van der Waals surface area contributed by atoms with Crippen molar-refractivity contribution >= 4 is 0 Å². The van der Waals surface area contributed by atoms with Gasteiger partial charge in [-0.05, 0) is 51.5 Å². The molecule has 0 aliphatic carbocycles. The summed E-state index contributed by atoms with van der Waals surface area (Å²) in [5.41, 5.74) is 3.53. The molecule has 0 amide bonds. The maximum absolute atomic E-state index is 4.45. The van der Waals surface area contributed by atoms with Crippen molar-refractivity contribution in [1.29, 1.82) is 0 Å². The van der Waals surface area contributed by atoms with E-state index in [0.717, 1.165) is 37.6 Å². The maximum Gasteiger partial charge on any atom is 0.0420 e. The van der Waals surface area contributed by atoms with E-state index in [1.165, 1.54) is 12.0 Å². The van der Waals surface area contributed by atoms with Crippen LogP contribution in [0.25, 0.3) is 0 Å². The summed E-state index contributed by atoms with van der Waals surface area (Å²) in [6, 6.07) is 4.23. The molecule has 1 heterocycles. The van der Waals surface area contributed by atoms with Gasteiger partial charge < -0.3 is 10.6 Å². The average Bonchev–Trinajstić information content (AvgIpc) is 2.26. The highest BCUT2D eigenvalue weighted by molar-refractivity contribution is 5.21. The normalized spacial score (nSPS) is 10.7. The van der Waals surface area contributed by atoms with Crippen LogP contribution in [0.5, 0.6) is 0 Å². The Morgan fingerprint density at radius 1 is 1.12 bits per heavy atom. The van der Waals surface area contributed by atoms with Gasteiger partial charge in [-0.25, -0.2) is 0 Å². The molecule has 1 rings (SSSR count). The second-order valence-electron chi connectivity index (χ2n) is 4.08. The first-order valence-electron chi connectivity index (χ1n) is 6.08. The Hall–Kier alpha value is -0.930. The highest BCUT2D eigenvalue weighted by Crippen LogP contribution is 2.05. The fourth-order valence-electron chi connectivity index (χ4n) is 1.64. The van der Waals surface area contributed by atoms with Gasteiger partial charge in [0, 0.05) is 17.9 Å². The number of rotatable bonds is 7. The largest absolute Gasteiger partial charge is 0.317 e. The van der Waals surface area contributed by atoms with E-state index >= 15 is 0 Å². The smallest absolute Gasteiger partial charge is 0.0420 e. The predicted molar refractivity (Wildman–Crippen MR) is 68.6 cm³/mol. The zero-order valence-corrected chi connectivity index (χ0v) is 10.6. The van der Waals surface area contributed by atoms with Gasteiger partial charge in [0.1, 0.15) is 0 Å². The van der Waals surface area contributed by atoms with Crippen molar-refractivity contribution < 1.29 is 0 Å². The first-order chi connectivity index (χ1) is 7.74. The Balaban J connectivity index is 2.21. The quantitative estimate of drug-likeness (QED) is 0.689.